The van der Waals surface area contributed by atoms with E-state index in [0.717, 1.165) is 10.2 Å². The van der Waals surface area contributed by atoms with Gasteiger partial charge in [-0.05, 0) is 64.5 Å². The van der Waals surface area contributed by atoms with E-state index in [2.05, 4.69) is 20.9 Å². The van der Waals surface area contributed by atoms with Crippen LogP contribution in [-0.2, 0) is 0 Å². The minimum Gasteiger partial charge on any atom is -0.470 e. The average Bonchev–Trinajstić information content (AvgIpc) is 3.13. The molecule has 3 aromatic rings. The van der Waals surface area contributed by atoms with E-state index >= 15 is 0 Å². The second-order valence-electron chi connectivity index (χ2n) is 5.88. The van der Waals surface area contributed by atoms with E-state index in [1.54, 1.807) is 11.1 Å². The Morgan fingerprint density at radius 1 is 1.08 bits per heavy atom. The first kappa shape index (κ1) is 15.9. The molecule has 0 N–H and O–H groups in total. The summed E-state index contributed by atoms with van der Waals surface area (Å²) >= 11 is 3.41. The Balaban J connectivity index is 1.36. The first-order chi connectivity index (χ1) is 12.2. The highest BCUT2D eigenvalue weighted by molar-refractivity contribution is 9.10. The average molecular weight is 398 g/mol. The van der Waals surface area contributed by atoms with E-state index in [9.17, 15) is 4.79 Å². The Bertz CT molecular complexity index is 872. The lowest BCUT2D eigenvalue weighted by Crippen LogP contribution is -2.56. The molecule has 3 heterocycles. The molecule has 2 aromatic heterocycles. The van der Waals surface area contributed by atoms with Crippen LogP contribution in [0, 0.1) is 0 Å². The predicted molar refractivity (Wildman–Crippen MR) is 98.0 cm³/mol. The van der Waals surface area contributed by atoms with E-state index in [4.69, 9.17) is 4.74 Å². The van der Waals surface area contributed by atoms with E-state index in [1.165, 1.54) is 0 Å². The van der Waals surface area contributed by atoms with E-state index in [-0.39, 0.29) is 12.0 Å². The van der Waals surface area contributed by atoms with Gasteiger partial charge in [0, 0.05) is 29.8 Å². The van der Waals surface area contributed by atoms with Crippen LogP contribution in [-0.4, -0.2) is 39.6 Å². The van der Waals surface area contributed by atoms with Crippen molar-refractivity contribution in [2.24, 2.45) is 0 Å². The van der Waals surface area contributed by atoms with Crippen LogP contribution in [0.25, 0.3) is 5.69 Å². The van der Waals surface area contributed by atoms with Crippen LogP contribution >= 0.6 is 15.9 Å². The molecule has 0 radical (unpaired) electrons. The molecular weight excluding hydrogens is 382 g/mol. The van der Waals surface area contributed by atoms with Crippen molar-refractivity contribution in [2.75, 3.05) is 13.1 Å². The maximum atomic E-state index is 12.5. The molecule has 1 amide bonds. The Hall–Kier alpha value is -2.60. The van der Waals surface area contributed by atoms with Crippen LogP contribution in [0.3, 0.4) is 0 Å². The predicted octanol–water partition coefficient (Wildman–Crippen LogP) is 3.54. The number of halogens is 1. The van der Waals surface area contributed by atoms with Gasteiger partial charge in [-0.15, -0.1) is 0 Å². The number of carbonyl (C=O) groups excluding carboxylic acids is 1. The molecule has 0 spiro atoms. The van der Waals surface area contributed by atoms with Crippen LogP contribution in [0.2, 0.25) is 0 Å². The molecule has 4 rings (SSSR count). The van der Waals surface area contributed by atoms with Gasteiger partial charge in [0.15, 0.2) is 0 Å². The fourth-order valence-electron chi connectivity index (χ4n) is 2.76. The van der Waals surface area contributed by atoms with E-state index < -0.39 is 0 Å². The number of likely N-dealkylation sites (tertiary alicyclic amines) is 1. The highest BCUT2D eigenvalue weighted by atomic mass is 79.9. The SMILES string of the molecule is O=C(c1ccc(-n2cccc2)cc1)N1CC(Oc2ncccc2Br)C1. The Morgan fingerprint density at radius 3 is 2.48 bits per heavy atom. The summed E-state index contributed by atoms with van der Waals surface area (Å²) in [5, 5.41) is 0. The van der Waals surface area contributed by atoms with Gasteiger partial charge in [0.05, 0.1) is 17.6 Å². The third-order valence-corrected chi connectivity index (χ3v) is 4.76. The van der Waals surface area contributed by atoms with Gasteiger partial charge in [-0.25, -0.2) is 4.98 Å². The number of hydrogen-bond donors (Lipinski definition) is 0. The second-order valence-corrected chi connectivity index (χ2v) is 6.73. The zero-order valence-corrected chi connectivity index (χ0v) is 15.0. The first-order valence-electron chi connectivity index (χ1n) is 8.00. The number of nitrogens with zero attached hydrogens (tertiary/aromatic N) is 3. The van der Waals surface area contributed by atoms with Gasteiger partial charge in [-0.2, -0.15) is 0 Å². The highest BCUT2D eigenvalue weighted by Crippen LogP contribution is 2.25. The molecule has 0 unspecified atom stereocenters. The minimum atomic E-state index is -0.0192. The van der Waals surface area contributed by atoms with Crippen molar-refractivity contribution < 1.29 is 9.53 Å². The van der Waals surface area contributed by atoms with Crippen molar-refractivity contribution in [1.82, 2.24) is 14.5 Å². The molecule has 1 aliphatic heterocycles. The fraction of sp³-hybridized carbons (Fsp3) is 0.158. The zero-order chi connectivity index (χ0) is 17.2. The molecule has 126 valence electrons. The summed E-state index contributed by atoms with van der Waals surface area (Å²) in [6.07, 6.45) is 5.62. The topological polar surface area (TPSA) is 47.4 Å². The zero-order valence-electron chi connectivity index (χ0n) is 13.4. The number of benzene rings is 1. The second kappa shape index (κ2) is 6.72. The van der Waals surface area contributed by atoms with Crippen LogP contribution in [0.1, 0.15) is 10.4 Å². The minimum absolute atomic E-state index is 0.0192. The number of rotatable bonds is 4. The Labute approximate surface area is 154 Å². The van der Waals surface area contributed by atoms with Crippen LogP contribution in [0.5, 0.6) is 5.88 Å². The largest absolute Gasteiger partial charge is 0.470 e. The first-order valence-corrected chi connectivity index (χ1v) is 8.80. The summed E-state index contributed by atoms with van der Waals surface area (Å²) in [6.45, 7) is 1.14. The molecule has 5 nitrogen and oxygen atoms in total. The third-order valence-electron chi connectivity index (χ3n) is 4.16. The molecule has 1 aliphatic rings. The normalized spacial score (nSPS) is 14.2. The third kappa shape index (κ3) is 3.30. The molecule has 1 fully saturated rings. The highest BCUT2D eigenvalue weighted by Gasteiger charge is 2.33. The summed E-state index contributed by atoms with van der Waals surface area (Å²) in [5.41, 5.74) is 1.72. The van der Waals surface area contributed by atoms with E-state index in [1.807, 2.05) is 65.5 Å². The molecule has 0 atom stereocenters. The van der Waals surface area contributed by atoms with Crippen LogP contribution in [0.15, 0.2) is 71.6 Å². The quantitative estimate of drug-likeness (QED) is 0.676. The standard InChI is InChI=1S/C19H16BrN3O2/c20-17-4-3-9-21-18(17)25-16-12-23(13-16)19(24)14-5-7-15(8-6-14)22-10-1-2-11-22/h1-11,16H,12-13H2. The van der Waals surface area contributed by atoms with Crippen molar-refractivity contribution in [3.8, 4) is 11.6 Å². The van der Waals surface area contributed by atoms with Gasteiger partial charge in [0.1, 0.15) is 6.10 Å². The van der Waals surface area contributed by atoms with Gasteiger partial charge in [-0.1, -0.05) is 0 Å². The molecule has 0 bridgehead atoms. The van der Waals surface area contributed by atoms with E-state index in [0.29, 0.717) is 24.5 Å². The molecule has 0 aliphatic carbocycles. The summed E-state index contributed by atoms with van der Waals surface area (Å²) in [7, 11) is 0. The van der Waals surface area contributed by atoms with Crippen molar-refractivity contribution in [3.63, 3.8) is 0 Å². The number of ether oxygens (including phenoxy) is 1. The lowest BCUT2D eigenvalue weighted by molar-refractivity contribution is 0.0157. The van der Waals surface area contributed by atoms with Gasteiger partial charge < -0.3 is 14.2 Å². The molecular formula is C19H16BrN3O2. The smallest absolute Gasteiger partial charge is 0.254 e. The maximum Gasteiger partial charge on any atom is 0.254 e. The summed E-state index contributed by atoms with van der Waals surface area (Å²) in [4.78, 5) is 18.5. The van der Waals surface area contributed by atoms with Gasteiger partial charge in [0.2, 0.25) is 5.88 Å². The van der Waals surface area contributed by atoms with Crippen molar-refractivity contribution in [2.45, 2.75) is 6.10 Å². The van der Waals surface area contributed by atoms with Gasteiger partial charge in [-0.3, -0.25) is 4.79 Å². The number of carbonyl (C=O) groups is 1. The number of amides is 1. The summed E-state index contributed by atoms with van der Waals surface area (Å²) in [6, 6.07) is 15.3. The number of pyridine rings is 1. The Morgan fingerprint density at radius 2 is 1.80 bits per heavy atom. The molecule has 6 heteroatoms. The maximum absolute atomic E-state index is 12.5. The summed E-state index contributed by atoms with van der Waals surface area (Å²) in [5.74, 6) is 0.592. The molecule has 0 saturated carbocycles. The van der Waals surface area contributed by atoms with Gasteiger partial charge >= 0.3 is 0 Å². The monoisotopic (exact) mass is 397 g/mol. The fourth-order valence-corrected chi connectivity index (χ4v) is 3.11. The summed E-state index contributed by atoms with van der Waals surface area (Å²) < 4.78 is 8.64. The van der Waals surface area contributed by atoms with Crippen LogP contribution in [0.4, 0.5) is 0 Å². The lowest BCUT2D eigenvalue weighted by atomic mass is 10.1. The molecule has 25 heavy (non-hydrogen) atoms. The van der Waals surface area contributed by atoms with Crippen molar-refractivity contribution >= 4 is 21.8 Å². The number of hydrogen-bond acceptors (Lipinski definition) is 3. The Kier molecular flexibility index (Phi) is 4.28. The van der Waals surface area contributed by atoms with Crippen molar-refractivity contribution in [1.29, 1.82) is 0 Å². The van der Waals surface area contributed by atoms with Gasteiger partial charge in [0.25, 0.3) is 5.91 Å². The lowest BCUT2D eigenvalue weighted by Gasteiger charge is -2.38. The van der Waals surface area contributed by atoms with Crippen molar-refractivity contribution in [3.05, 3.63) is 77.2 Å². The molecule has 1 saturated heterocycles. The van der Waals surface area contributed by atoms with Crippen LogP contribution < -0.4 is 4.74 Å². The molecule has 1 aromatic carbocycles. The number of aromatic nitrogens is 2.